The number of nitro benzene ring substituents is 1. The third kappa shape index (κ3) is 5.03. The number of sulfonamides is 1. The van der Waals surface area contributed by atoms with Gasteiger partial charge in [0.05, 0.1) is 18.1 Å². The summed E-state index contributed by atoms with van der Waals surface area (Å²) in [6.45, 7) is 0. The summed E-state index contributed by atoms with van der Waals surface area (Å²) in [6, 6.07) is 12.8. The minimum Gasteiger partial charge on any atom is -0.497 e. The quantitative estimate of drug-likeness (QED) is 0.557. The van der Waals surface area contributed by atoms with E-state index in [-0.39, 0.29) is 12.2 Å². The van der Waals surface area contributed by atoms with E-state index >= 15 is 0 Å². The molecule has 138 valence electrons. The van der Waals surface area contributed by atoms with Crippen LogP contribution in [0.5, 0.6) is 5.75 Å². The lowest BCUT2D eigenvalue weighted by molar-refractivity contribution is -0.387. The molecule has 0 aliphatic carbocycles. The average Bonchev–Trinajstić information content (AvgIpc) is 2.61. The van der Waals surface area contributed by atoms with Crippen LogP contribution >= 0.6 is 0 Å². The van der Waals surface area contributed by atoms with Crippen LogP contribution in [-0.4, -0.2) is 26.4 Å². The molecule has 2 aromatic rings. The number of nitrogens with zero attached hydrogens (tertiary/aromatic N) is 1. The van der Waals surface area contributed by atoms with Gasteiger partial charge in [0.25, 0.3) is 15.7 Å². The fourth-order valence-corrected chi connectivity index (χ4v) is 3.52. The summed E-state index contributed by atoms with van der Waals surface area (Å²) in [5.74, 6) is -0.573. The first kappa shape index (κ1) is 19.4. The minimum atomic E-state index is -4.35. The van der Waals surface area contributed by atoms with E-state index in [1.807, 2.05) is 35.1 Å². The van der Waals surface area contributed by atoms with E-state index in [9.17, 15) is 23.3 Å². The lowest BCUT2D eigenvalue weighted by Crippen LogP contribution is -2.30. The standard InChI is InChI=1S/C17H18N2O6S/c1-25-14-10-11-16(15(12-14)19(21)22)26(23,24)18-17(20)9-5-8-13-6-3-2-4-7-13/h2-4,6-7,10-12H,5,8-9H2,1H3,(H,18,20). The van der Waals surface area contributed by atoms with Gasteiger partial charge in [0, 0.05) is 6.42 Å². The van der Waals surface area contributed by atoms with Crippen LogP contribution < -0.4 is 9.46 Å². The van der Waals surface area contributed by atoms with E-state index in [1.54, 1.807) is 0 Å². The Kier molecular flexibility index (Phi) is 6.29. The van der Waals surface area contributed by atoms with Crippen molar-refractivity contribution in [3.05, 3.63) is 64.2 Å². The number of ether oxygens (including phenoxy) is 1. The van der Waals surface area contributed by atoms with E-state index in [2.05, 4.69) is 0 Å². The summed E-state index contributed by atoms with van der Waals surface area (Å²) in [4.78, 5) is 21.6. The molecule has 0 heterocycles. The average molecular weight is 378 g/mol. The number of hydrogen-bond donors (Lipinski definition) is 1. The number of amides is 1. The van der Waals surface area contributed by atoms with Gasteiger partial charge < -0.3 is 4.74 Å². The summed E-state index contributed by atoms with van der Waals surface area (Å²) >= 11 is 0. The Labute approximate surface area is 151 Å². The highest BCUT2D eigenvalue weighted by Crippen LogP contribution is 2.28. The van der Waals surface area contributed by atoms with Crippen LogP contribution in [0.2, 0.25) is 0 Å². The predicted molar refractivity (Wildman–Crippen MR) is 94.4 cm³/mol. The second kappa shape index (κ2) is 8.43. The highest BCUT2D eigenvalue weighted by atomic mass is 32.2. The summed E-state index contributed by atoms with van der Waals surface area (Å²) < 4.78 is 31.4. The molecule has 9 heteroatoms. The molecule has 0 radical (unpaired) electrons. The van der Waals surface area contributed by atoms with Crippen LogP contribution in [0, 0.1) is 10.1 Å². The van der Waals surface area contributed by atoms with Crippen LogP contribution in [0.15, 0.2) is 53.4 Å². The number of carbonyl (C=O) groups excluding carboxylic acids is 1. The Balaban J connectivity index is 2.06. The first-order valence-corrected chi connectivity index (χ1v) is 9.24. The van der Waals surface area contributed by atoms with Crippen LogP contribution in [0.3, 0.4) is 0 Å². The zero-order valence-corrected chi connectivity index (χ0v) is 14.9. The Morgan fingerprint density at radius 1 is 1.19 bits per heavy atom. The molecule has 1 N–H and O–H groups in total. The highest BCUT2D eigenvalue weighted by molar-refractivity contribution is 7.90. The van der Waals surface area contributed by atoms with E-state index in [4.69, 9.17) is 4.74 Å². The normalized spacial score (nSPS) is 11.0. The van der Waals surface area contributed by atoms with Crippen molar-refractivity contribution in [3.8, 4) is 5.75 Å². The van der Waals surface area contributed by atoms with Gasteiger partial charge in [-0.25, -0.2) is 13.1 Å². The van der Waals surface area contributed by atoms with Gasteiger partial charge in [-0.3, -0.25) is 14.9 Å². The SMILES string of the molecule is COc1ccc(S(=O)(=O)NC(=O)CCCc2ccccc2)c([N+](=O)[O-])c1. The number of hydrogen-bond acceptors (Lipinski definition) is 6. The smallest absolute Gasteiger partial charge is 0.293 e. The molecule has 1 amide bonds. The molecule has 0 bridgehead atoms. The zero-order valence-electron chi connectivity index (χ0n) is 14.0. The molecular weight excluding hydrogens is 360 g/mol. The lowest BCUT2D eigenvalue weighted by atomic mass is 10.1. The maximum atomic E-state index is 12.3. The molecule has 0 aliphatic heterocycles. The van der Waals surface area contributed by atoms with Crippen molar-refractivity contribution in [1.29, 1.82) is 0 Å². The number of benzene rings is 2. The number of carbonyl (C=O) groups is 1. The maximum Gasteiger partial charge on any atom is 0.293 e. The molecule has 0 aromatic heterocycles. The second-order valence-electron chi connectivity index (χ2n) is 5.46. The first-order valence-electron chi connectivity index (χ1n) is 7.75. The topological polar surface area (TPSA) is 116 Å². The Bertz CT molecular complexity index is 897. The summed E-state index contributed by atoms with van der Waals surface area (Å²) in [7, 11) is -3.04. The van der Waals surface area contributed by atoms with Crippen LogP contribution in [-0.2, 0) is 21.2 Å². The number of nitro groups is 1. The van der Waals surface area contributed by atoms with Crippen molar-refractivity contribution in [2.75, 3.05) is 7.11 Å². The van der Waals surface area contributed by atoms with Gasteiger partial charge in [-0.05, 0) is 30.5 Å². The Morgan fingerprint density at radius 3 is 2.50 bits per heavy atom. The highest BCUT2D eigenvalue weighted by Gasteiger charge is 2.28. The molecule has 0 atom stereocenters. The molecule has 0 saturated heterocycles. The van der Waals surface area contributed by atoms with E-state index in [1.165, 1.54) is 13.2 Å². The van der Waals surface area contributed by atoms with Crippen molar-refractivity contribution in [2.45, 2.75) is 24.2 Å². The van der Waals surface area contributed by atoms with Crippen molar-refractivity contribution >= 4 is 21.6 Å². The summed E-state index contributed by atoms with van der Waals surface area (Å²) in [5.41, 5.74) is 0.378. The summed E-state index contributed by atoms with van der Waals surface area (Å²) in [5, 5.41) is 11.1. The Hall–Kier alpha value is -2.94. The third-order valence-electron chi connectivity index (χ3n) is 3.61. The van der Waals surface area contributed by atoms with E-state index < -0.39 is 31.4 Å². The largest absolute Gasteiger partial charge is 0.497 e. The van der Waals surface area contributed by atoms with Gasteiger partial charge in [-0.2, -0.15) is 0 Å². The van der Waals surface area contributed by atoms with Crippen LogP contribution in [0.25, 0.3) is 0 Å². The predicted octanol–water partition coefficient (Wildman–Crippen LogP) is 2.43. The number of aryl methyl sites for hydroxylation is 1. The van der Waals surface area contributed by atoms with Gasteiger partial charge in [0.2, 0.25) is 5.91 Å². The maximum absolute atomic E-state index is 12.3. The van der Waals surface area contributed by atoms with E-state index in [0.29, 0.717) is 12.8 Å². The number of rotatable bonds is 8. The molecule has 0 aliphatic rings. The molecule has 2 rings (SSSR count). The van der Waals surface area contributed by atoms with Gasteiger partial charge in [-0.15, -0.1) is 0 Å². The Morgan fingerprint density at radius 2 is 1.88 bits per heavy atom. The molecule has 0 saturated carbocycles. The van der Waals surface area contributed by atoms with Crippen molar-refractivity contribution in [1.82, 2.24) is 4.72 Å². The number of methoxy groups -OCH3 is 1. The van der Waals surface area contributed by atoms with Crippen molar-refractivity contribution in [2.24, 2.45) is 0 Å². The second-order valence-corrected chi connectivity index (χ2v) is 7.11. The molecule has 8 nitrogen and oxygen atoms in total. The molecule has 2 aromatic carbocycles. The zero-order chi connectivity index (χ0) is 19.2. The fourth-order valence-electron chi connectivity index (χ4n) is 2.35. The van der Waals surface area contributed by atoms with Crippen molar-refractivity contribution in [3.63, 3.8) is 0 Å². The molecule has 26 heavy (non-hydrogen) atoms. The van der Waals surface area contributed by atoms with Gasteiger partial charge in [0.15, 0.2) is 4.90 Å². The van der Waals surface area contributed by atoms with E-state index in [0.717, 1.165) is 17.7 Å². The van der Waals surface area contributed by atoms with Gasteiger partial charge in [-0.1, -0.05) is 30.3 Å². The van der Waals surface area contributed by atoms with Crippen molar-refractivity contribution < 1.29 is 22.9 Å². The lowest BCUT2D eigenvalue weighted by Gasteiger charge is -2.08. The molecule has 0 unspecified atom stereocenters. The minimum absolute atomic E-state index is 0.0158. The van der Waals surface area contributed by atoms with Gasteiger partial charge >= 0.3 is 0 Å². The summed E-state index contributed by atoms with van der Waals surface area (Å²) in [6.07, 6.45) is 1.06. The monoisotopic (exact) mass is 378 g/mol. The third-order valence-corrected chi connectivity index (χ3v) is 5.03. The first-order chi connectivity index (χ1) is 12.3. The van der Waals surface area contributed by atoms with Gasteiger partial charge in [0.1, 0.15) is 5.75 Å². The molecule has 0 spiro atoms. The molecular formula is C17H18N2O6S. The van der Waals surface area contributed by atoms with Crippen LogP contribution in [0.1, 0.15) is 18.4 Å². The fraction of sp³-hybridized carbons (Fsp3) is 0.235. The number of nitrogens with one attached hydrogen (secondary N) is 1. The van der Waals surface area contributed by atoms with Crippen LogP contribution in [0.4, 0.5) is 5.69 Å². The molecule has 0 fully saturated rings.